The maximum atomic E-state index is 6.47. The molecule has 3 heteroatoms. The lowest BCUT2D eigenvalue weighted by molar-refractivity contribution is 0.434. The zero-order valence-corrected chi connectivity index (χ0v) is 19.7. The maximum Gasteiger partial charge on any atom is 0.132 e. The summed E-state index contributed by atoms with van der Waals surface area (Å²) in [6.45, 7) is 0. The van der Waals surface area contributed by atoms with Crippen LogP contribution in [0, 0.1) is 0 Å². The Kier molecular flexibility index (Phi) is 3.50. The van der Waals surface area contributed by atoms with E-state index in [1.54, 1.807) is 0 Å². The summed E-state index contributed by atoms with van der Waals surface area (Å²) in [6.07, 6.45) is 0. The quantitative estimate of drug-likeness (QED) is 0.204. The van der Waals surface area contributed by atoms with Crippen LogP contribution in [0.4, 0.5) is 0 Å². The third kappa shape index (κ3) is 2.07. The Morgan fingerprint density at radius 3 is 2.03 bits per heavy atom. The molecule has 0 aliphatic carbocycles. The molecule has 3 heterocycles. The van der Waals surface area contributed by atoms with Gasteiger partial charge in [-0.05, 0) is 47.5 Å². The summed E-state index contributed by atoms with van der Waals surface area (Å²) < 4.78 is 10.00. The van der Waals surface area contributed by atoms with Gasteiger partial charge in [0.1, 0.15) is 11.5 Å². The molecule has 0 bridgehead atoms. The second kappa shape index (κ2) is 6.40. The minimum Gasteiger partial charge on any atom is -0.457 e. The van der Waals surface area contributed by atoms with E-state index in [4.69, 9.17) is 4.74 Å². The second-order valence-electron chi connectivity index (χ2n) is 9.06. The van der Waals surface area contributed by atoms with Gasteiger partial charge in [0.05, 0.1) is 22.1 Å². The normalized spacial score (nSPS) is 14.5. The van der Waals surface area contributed by atoms with Gasteiger partial charge >= 0.3 is 0 Å². The van der Waals surface area contributed by atoms with Crippen molar-refractivity contribution in [3.8, 4) is 17.2 Å². The van der Waals surface area contributed by atoms with E-state index in [2.05, 4.69) is 130 Å². The molecule has 2 nitrogen and oxygen atoms in total. The Labute approximate surface area is 205 Å². The number of halogens is 1. The first-order chi connectivity index (χ1) is 16.8. The Hall–Kier alpha value is -3.82. The van der Waals surface area contributed by atoms with Gasteiger partial charge in [0.2, 0.25) is 0 Å². The van der Waals surface area contributed by atoms with Crippen molar-refractivity contribution in [2.75, 3.05) is 0 Å². The van der Waals surface area contributed by atoms with Crippen LogP contribution in [0.1, 0.15) is 22.3 Å². The van der Waals surface area contributed by atoms with Crippen molar-refractivity contribution in [1.82, 2.24) is 4.57 Å². The Morgan fingerprint density at radius 1 is 0.588 bits per heavy atom. The molecule has 0 atom stereocenters. The lowest BCUT2D eigenvalue weighted by Gasteiger charge is -2.45. The van der Waals surface area contributed by atoms with Crippen molar-refractivity contribution in [1.29, 1.82) is 0 Å². The highest BCUT2D eigenvalue weighted by atomic mass is 79.9. The molecule has 1 spiro atoms. The summed E-state index contributed by atoms with van der Waals surface area (Å²) in [6, 6.07) is 39.2. The first-order valence-corrected chi connectivity index (χ1v) is 12.3. The van der Waals surface area contributed by atoms with Gasteiger partial charge in [-0.2, -0.15) is 0 Å². The largest absolute Gasteiger partial charge is 0.457 e. The predicted molar refractivity (Wildman–Crippen MR) is 140 cm³/mol. The summed E-state index contributed by atoms with van der Waals surface area (Å²) in [5.41, 5.74) is 8.12. The zero-order valence-electron chi connectivity index (χ0n) is 18.1. The summed E-state index contributed by atoms with van der Waals surface area (Å²) in [5.74, 6) is 1.82. The van der Waals surface area contributed by atoms with Crippen molar-refractivity contribution in [2.45, 2.75) is 5.41 Å². The number of hydrogen-bond acceptors (Lipinski definition) is 1. The van der Waals surface area contributed by atoms with Gasteiger partial charge in [0, 0.05) is 26.4 Å². The van der Waals surface area contributed by atoms with E-state index in [0.29, 0.717) is 0 Å². The lowest BCUT2D eigenvalue weighted by atomic mass is 9.62. The SMILES string of the molecule is Brc1ccc2c(c1)C1(c3ccccc3Oc3ccccc31)c1cccc3c4ccccc4n-2c13. The third-order valence-electron chi connectivity index (χ3n) is 7.50. The number of benzene rings is 5. The van der Waals surface area contributed by atoms with Crippen LogP contribution in [0.25, 0.3) is 27.5 Å². The fourth-order valence-corrected chi connectivity index (χ4v) is 6.66. The van der Waals surface area contributed by atoms with Gasteiger partial charge in [-0.25, -0.2) is 0 Å². The van der Waals surface area contributed by atoms with Crippen molar-refractivity contribution in [3.05, 3.63) is 136 Å². The van der Waals surface area contributed by atoms with E-state index in [-0.39, 0.29) is 0 Å². The highest BCUT2D eigenvalue weighted by Gasteiger charge is 2.50. The number of hydrogen-bond donors (Lipinski definition) is 0. The molecule has 2 aliphatic heterocycles. The minimum atomic E-state index is -0.492. The average Bonchev–Trinajstić information content (AvgIpc) is 3.22. The van der Waals surface area contributed by atoms with E-state index >= 15 is 0 Å². The first-order valence-electron chi connectivity index (χ1n) is 11.5. The lowest BCUT2D eigenvalue weighted by Crippen LogP contribution is -2.37. The van der Waals surface area contributed by atoms with E-state index in [0.717, 1.165) is 16.0 Å². The van der Waals surface area contributed by atoms with Crippen LogP contribution in [-0.2, 0) is 5.41 Å². The number of aromatic nitrogens is 1. The third-order valence-corrected chi connectivity index (χ3v) is 8.00. The maximum absolute atomic E-state index is 6.47. The van der Waals surface area contributed by atoms with Crippen LogP contribution < -0.4 is 4.74 Å². The first kappa shape index (κ1) is 18.6. The monoisotopic (exact) mass is 499 g/mol. The van der Waals surface area contributed by atoms with Gasteiger partial charge in [-0.1, -0.05) is 88.7 Å². The molecular weight excluding hydrogens is 482 g/mol. The topological polar surface area (TPSA) is 14.2 Å². The summed E-state index contributed by atoms with van der Waals surface area (Å²) in [5, 5.41) is 2.56. The summed E-state index contributed by atoms with van der Waals surface area (Å²) >= 11 is 3.80. The second-order valence-corrected chi connectivity index (χ2v) is 9.98. The highest BCUT2D eigenvalue weighted by Crippen LogP contribution is 2.60. The zero-order chi connectivity index (χ0) is 22.4. The molecule has 1 aromatic heterocycles. The van der Waals surface area contributed by atoms with Gasteiger partial charge in [0.15, 0.2) is 0 Å². The molecule has 8 rings (SSSR count). The molecule has 5 aromatic carbocycles. The van der Waals surface area contributed by atoms with Crippen molar-refractivity contribution in [3.63, 3.8) is 0 Å². The molecule has 160 valence electrons. The molecule has 0 radical (unpaired) electrons. The summed E-state index contributed by atoms with van der Waals surface area (Å²) in [7, 11) is 0. The molecule has 0 saturated heterocycles. The molecule has 0 unspecified atom stereocenters. The predicted octanol–water partition coefficient (Wildman–Crippen LogP) is 8.35. The molecule has 34 heavy (non-hydrogen) atoms. The summed E-state index contributed by atoms with van der Waals surface area (Å²) in [4.78, 5) is 0. The fraction of sp³-hybridized carbons (Fsp3) is 0.0323. The fourth-order valence-electron chi connectivity index (χ4n) is 6.29. The van der Waals surface area contributed by atoms with E-state index in [1.807, 2.05) is 0 Å². The van der Waals surface area contributed by atoms with Crippen LogP contribution in [-0.4, -0.2) is 4.57 Å². The van der Waals surface area contributed by atoms with E-state index in [1.165, 1.54) is 49.7 Å². The van der Waals surface area contributed by atoms with Crippen molar-refractivity contribution >= 4 is 37.7 Å². The van der Waals surface area contributed by atoms with E-state index < -0.39 is 5.41 Å². The molecule has 0 N–H and O–H groups in total. The van der Waals surface area contributed by atoms with Gasteiger partial charge in [-0.15, -0.1) is 0 Å². The Balaban J connectivity index is 1.70. The average molecular weight is 500 g/mol. The van der Waals surface area contributed by atoms with Crippen molar-refractivity contribution in [2.24, 2.45) is 0 Å². The molecule has 0 saturated carbocycles. The number of ether oxygens (including phenoxy) is 1. The smallest absolute Gasteiger partial charge is 0.132 e. The highest BCUT2D eigenvalue weighted by molar-refractivity contribution is 9.10. The molecule has 2 aliphatic rings. The standard InChI is InChI=1S/C31H18BrNO/c32-19-16-17-27-25(18-19)31(22-10-2-5-14-28(22)34-29-15-6-3-11-23(29)31)24-12-7-9-21-20-8-1-4-13-26(20)33(27)30(21)24/h1-18H. The van der Waals surface area contributed by atoms with Crippen LogP contribution in [0.3, 0.4) is 0 Å². The Bertz CT molecular complexity index is 1770. The van der Waals surface area contributed by atoms with Crippen LogP contribution in [0.5, 0.6) is 11.5 Å². The Morgan fingerprint density at radius 2 is 1.24 bits per heavy atom. The van der Waals surface area contributed by atoms with Crippen LogP contribution in [0.2, 0.25) is 0 Å². The number of para-hydroxylation sites is 4. The van der Waals surface area contributed by atoms with Gasteiger partial charge in [-0.3, -0.25) is 0 Å². The minimum absolute atomic E-state index is 0.492. The molecule has 0 fully saturated rings. The molecule has 0 amide bonds. The van der Waals surface area contributed by atoms with Gasteiger partial charge in [0.25, 0.3) is 0 Å². The van der Waals surface area contributed by atoms with E-state index in [9.17, 15) is 0 Å². The number of fused-ring (bicyclic) bond motifs is 11. The van der Waals surface area contributed by atoms with Crippen molar-refractivity contribution < 1.29 is 4.74 Å². The molecular formula is C31H18BrNO. The molecule has 6 aromatic rings. The van der Waals surface area contributed by atoms with Gasteiger partial charge < -0.3 is 9.30 Å². The number of nitrogens with zero attached hydrogens (tertiary/aromatic N) is 1. The van der Waals surface area contributed by atoms with Crippen LogP contribution in [0.15, 0.2) is 114 Å². The number of rotatable bonds is 0. The van der Waals surface area contributed by atoms with Crippen LogP contribution >= 0.6 is 15.9 Å².